The Morgan fingerprint density at radius 3 is 2.28 bits per heavy atom. The lowest BCUT2D eigenvalue weighted by atomic mass is 10.1. The van der Waals surface area contributed by atoms with Crippen molar-refractivity contribution in [3.63, 3.8) is 0 Å². The Bertz CT molecular complexity index is 2030. The van der Waals surface area contributed by atoms with Crippen LogP contribution in [0, 0.1) is 6.92 Å². The van der Waals surface area contributed by atoms with E-state index >= 15 is 0 Å². The fourth-order valence-electron chi connectivity index (χ4n) is 5.43. The second-order valence-corrected chi connectivity index (χ2v) is 12.0. The quantitative estimate of drug-likeness (QED) is 0.177. The highest BCUT2D eigenvalue weighted by Gasteiger charge is 2.44. The molecule has 6 rings (SSSR count). The van der Waals surface area contributed by atoms with Crippen molar-refractivity contribution >= 4 is 74.6 Å². The van der Waals surface area contributed by atoms with Gasteiger partial charge in [-0.2, -0.15) is 0 Å². The fraction of sp³-hybridized carbons (Fsp3) is 0.152. The van der Waals surface area contributed by atoms with Crippen molar-refractivity contribution < 1.29 is 23.9 Å². The summed E-state index contributed by atoms with van der Waals surface area (Å²) in [6.07, 6.45) is 0. The van der Waals surface area contributed by atoms with Gasteiger partial charge in [0.1, 0.15) is 12.2 Å². The molecule has 1 fully saturated rings. The highest BCUT2D eigenvalue weighted by molar-refractivity contribution is 8.27. The number of benzene rings is 3. The molecule has 3 aromatic carbocycles. The molecule has 0 spiro atoms. The monoisotopic (exact) mass is 653 g/mol. The molecule has 0 unspecified atom stereocenters. The fourth-order valence-corrected chi connectivity index (χ4v) is 6.77. The molecule has 232 valence electrons. The summed E-state index contributed by atoms with van der Waals surface area (Å²) in [5, 5.41) is 2.74. The minimum Gasteiger partial charge on any atom is -0.462 e. The van der Waals surface area contributed by atoms with E-state index in [2.05, 4.69) is 5.32 Å². The van der Waals surface area contributed by atoms with Crippen LogP contribution in [0.25, 0.3) is 11.3 Å². The van der Waals surface area contributed by atoms with Crippen molar-refractivity contribution in [1.82, 2.24) is 9.36 Å². The summed E-state index contributed by atoms with van der Waals surface area (Å²) in [4.78, 5) is 69.3. The van der Waals surface area contributed by atoms with Crippen molar-refractivity contribution in [2.75, 3.05) is 28.3 Å². The maximum atomic E-state index is 14.0. The third-order valence-corrected chi connectivity index (χ3v) is 9.02. The van der Waals surface area contributed by atoms with Crippen molar-refractivity contribution in [1.29, 1.82) is 0 Å². The summed E-state index contributed by atoms with van der Waals surface area (Å²) in [5.41, 5.74) is 2.63. The number of hydrogen-bond donors (Lipinski definition) is 1. The normalized spacial score (nSPS) is 15.8. The molecule has 0 radical (unpaired) electrons. The van der Waals surface area contributed by atoms with E-state index in [1.54, 1.807) is 74.1 Å². The summed E-state index contributed by atoms with van der Waals surface area (Å²) < 4.78 is 8.21. The Morgan fingerprint density at radius 1 is 0.913 bits per heavy atom. The van der Waals surface area contributed by atoms with Gasteiger partial charge in [0.15, 0.2) is 4.32 Å². The van der Waals surface area contributed by atoms with Crippen LogP contribution in [0.3, 0.4) is 0 Å². The number of para-hydroxylation sites is 2. The number of nitrogens with one attached hydrogen (secondary N) is 1. The number of amides is 3. The first-order chi connectivity index (χ1) is 22.1. The number of ether oxygens (including phenoxy) is 1. The summed E-state index contributed by atoms with van der Waals surface area (Å²) in [6, 6.07) is 22.1. The molecule has 0 saturated carbocycles. The predicted molar refractivity (Wildman–Crippen MR) is 180 cm³/mol. The van der Waals surface area contributed by atoms with Gasteiger partial charge < -0.3 is 10.1 Å². The Labute approximate surface area is 273 Å². The average Bonchev–Trinajstić information content (AvgIpc) is 3.57. The van der Waals surface area contributed by atoms with Gasteiger partial charge in [-0.25, -0.2) is 9.48 Å². The summed E-state index contributed by atoms with van der Waals surface area (Å²) >= 11 is 6.55. The third-order valence-electron chi connectivity index (χ3n) is 7.65. The van der Waals surface area contributed by atoms with E-state index in [-0.39, 0.29) is 33.6 Å². The molecule has 46 heavy (non-hydrogen) atoms. The molecular weight excluding hydrogens is 627 g/mol. The molecular formula is C33H27N5O6S2. The second-order valence-electron chi connectivity index (χ2n) is 10.4. The molecule has 2 aliphatic rings. The Morgan fingerprint density at radius 2 is 1.59 bits per heavy atom. The number of esters is 1. The number of carbonyl (C=O) groups is 4. The highest BCUT2D eigenvalue weighted by atomic mass is 32.2. The smallest absolute Gasteiger partial charge is 0.338 e. The van der Waals surface area contributed by atoms with Crippen LogP contribution >= 0.6 is 24.0 Å². The molecule has 2 aliphatic heterocycles. The van der Waals surface area contributed by atoms with Crippen molar-refractivity contribution in [2.45, 2.75) is 13.8 Å². The number of fused-ring (bicyclic) bond motifs is 1. The Balaban J connectivity index is 1.30. The lowest BCUT2D eigenvalue weighted by Crippen LogP contribution is -2.36. The van der Waals surface area contributed by atoms with Gasteiger partial charge in [0, 0.05) is 18.3 Å². The summed E-state index contributed by atoms with van der Waals surface area (Å²) in [7, 11) is 1.72. The van der Waals surface area contributed by atoms with Crippen molar-refractivity contribution in [3.05, 3.63) is 111 Å². The summed E-state index contributed by atoms with van der Waals surface area (Å²) in [6.45, 7) is 3.35. The number of aromatic nitrogens is 2. The zero-order valence-electron chi connectivity index (χ0n) is 25.0. The maximum Gasteiger partial charge on any atom is 0.338 e. The van der Waals surface area contributed by atoms with Crippen LogP contribution in [0.2, 0.25) is 0 Å². The van der Waals surface area contributed by atoms with Crippen LogP contribution in [-0.4, -0.2) is 50.5 Å². The van der Waals surface area contributed by atoms with Crippen LogP contribution < -0.4 is 20.7 Å². The standard InChI is InChI=1S/C33H27N5O6S2/c1-4-44-32(43)20-14-16-21(17-15-20)34-25(39)18-36-24-13-9-8-12-23(24)26(29(36)40)28-31(42)37(33(45)46-28)27-19(2)35(3)38(30(27)41)22-10-6-5-7-11-22/h5-17H,4,18H2,1-3H3,(H,34,39). The largest absolute Gasteiger partial charge is 0.462 e. The Hall–Kier alpha value is -5.27. The molecule has 1 aromatic heterocycles. The number of thiocarbonyl (C=S) groups is 1. The first kappa shape index (κ1) is 30.7. The number of carbonyl (C=O) groups excluding carboxylic acids is 4. The molecule has 1 N–H and O–H groups in total. The minimum absolute atomic E-state index is 0.0776. The van der Waals surface area contributed by atoms with Crippen LogP contribution in [0.4, 0.5) is 17.1 Å². The van der Waals surface area contributed by atoms with E-state index in [9.17, 15) is 24.0 Å². The lowest BCUT2D eigenvalue weighted by Gasteiger charge is -2.17. The number of thioether (sulfide) groups is 1. The van der Waals surface area contributed by atoms with Gasteiger partial charge in [0.2, 0.25) is 5.91 Å². The van der Waals surface area contributed by atoms with Gasteiger partial charge >= 0.3 is 5.97 Å². The van der Waals surface area contributed by atoms with E-state index in [0.717, 1.165) is 11.8 Å². The van der Waals surface area contributed by atoms with Crippen LogP contribution in [-0.2, 0) is 26.2 Å². The first-order valence-electron chi connectivity index (χ1n) is 14.2. The third kappa shape index (κ3) is 5.22. The molecule has 13 heteroatoms. The number of anilines is 3. The average molecular weight is 654 g/mol. The van der Waals surface area contributed by atoms with Crippen molar-refractivity contribution in [3.8, 4) is 5.69 Å². The van der Waals surface area contributed by atoms with Gasteiger partial charge in [0.25, 0.3) is 17.4 Å². The molecule has 0 aliphatic carbocycles. The molecule has 3 amide bonds. The van der Waals surface area contributed by atoms with Gasteiger partial charge in [0.05, 0.1) is 39.7 Å². The number of hydrogen-bond acceptors (Lipinski definition) is 8. The molecule has 4 aromatic rings. The second kappa shape index (κ2) is 12.3. The minimum atomic E-state index is -0.591. The molecule has 0 atom stereocenters. The van der Waals surface area contributed by atoms with Gasteiger partial charge in [-0.05, 0) is 56.3 Å². The van der Waals surface area contributed by atoms with E-state index in [1.807, 2.05) is 18.2 Å². The van der Waals surface area contributed by atoms with Crippen LogP contribution in [0.15, 0.2) is 88.6 Å². The van der Waals surface area contributed by atoms with Gasteiger partial charge in [-0.15, -0.1) is 0 Å². The SMILES string of the molecule is CCOC(=O)c1ccc(NC(=O)CN2C(=O)C(=C3SC(=S)N(c4c(C)n(C)n(-c5ccccc5)c4=O)C3=O)c3ccccc32)cc1. The zero-order valence-corrected chi connectivity index (χ0v) is 26.6. The maximum absolute atomic E-state index is 14.0. The Kier molecular flexibility index (Phi) is 8.19. The van der Waals surface area contributed by atoms with E-state index in [1.165, 1.54) is 26.6 Å². The van der Waals surface area contributed by atoms with E-state index in [0.29, 0.717) is 33.9 Å². The molecule has 1 saturated heterocycles. The van der Waals surface area contributed by atoms with E-state index < -0.39 is 29.3 Å². The van der Waals surface area contributed by atoms with Crippen molar-refractivity contribution in [2.24, 2.45) is 7.05 Å². The van der Waals surface area contributed by atoms with Crippen LogP contribution in [0.1, 0.15) is 28.5 Å². The molecule has 3 heterocycles. The number of nitrogens with zero attached hydrogens (tertiary/aromatic N) is 4. The topological polar surface area (TPSA) is 123 Å². The lowest BCUT2D eigenvalue weighted by molar-refractivity contribution is -0.118. The molecule has 0 bridgehead atoms. The number of rotatable bonds is 7. The summed E-state index contributed by atoms with van der Waals surface area (Å²) in [5.74, 6) is -2.09. The zero-order chi connectivity index (χ0) is 32.7. The van der Waals surface area contributed by atoms with Gasteiger partial charge in [-0.1, -0.05) is 60.4 Å². The highest BCUT2D eigenvalue weighted by Crippen LogP contribution is 2.45. The first-order valence-corrected chi connectivity index (χ1v) is 15.5. The van der Waals surface area contributed by atoms with E-state index in [4.69, 9.17) is 17.0 Å². The van der Waals surface area contributed by atoms with Gasteiger partial charge in [-0.3, -0.25) is 33.7 Å². The molecule has 11 nitrogen and oxygen atoms in total. The van der Waals surface area contributed by atoms with Crippen LogP contribution in [0.5, 0.6) is 0 Å². The predicted octanol–water partition coefficient (Wildman–Crippen LogP) is 4.42.